The van der Waals surface area contributed by atoms with Gasteiger partial charge in [-0.3, -0.25) is 4.79 Å². The van der Waals surface area contributed by atoms with Gasteiger partial charge < -0.3 is 5.32 Å². The molecule has 4 heteroatoms. The topological polar surface area (TPSA) is 42.0 Å². The van der Waals surface area contributed by atoms with Crippen LogP contribution >= 0.6 is 15.9 Å². The summed E-state index contributed by atoms with van der Waals surface area (Å²) in [5, 5.41) is 3.02. The zero-order chi connectivity index (χ0) is 14.2. The van der Waals surface area contributed by atoms with Crippen LogP contribution in [0.15, 0.2) is 47.1 Å². The van der Waals surface area contributed by atoms with E-state index in [2.05, 4.69) is 26.2 Å². The number of hydrogen-bond acceptors (Lipinski definition) is 2. The first-order chi connectivity index (χ1) is 9.62. The van der Waals surface area contributed by atoms with Crippen molar-refractivity contribution in [3.8, 4) is 0 Å². The molecule has 1 N–H and O–H groups in total. The lowest BCUT2D eigenvalue weighted by atomic mass is 9.95. The molecule has 1 heterocycles. The molecule has 0 saturated heterocycles. The minimum atomic E-state index is -0.346. The van der Waals surface area contributed by atoms with Crippen LogP contribution in [0.5, 0.6) is 0 Å². The largest absolute Gasteiger partial charge is 0.324 e. The highest BCUT2D eigenvalue weighted by molar-refractivity contribution is 9.10. The van der Waals surface area contributed by atoms with Crippen LogP contribution in [0, 0.1) is 6.92 Å². The third-order valence-electron chi connectivity index (χ3n) is 3.81. The Balaban J connectivity index is 1.83. The molecule has 20 heavy (non-hydrogen) atoms. The first-order valence-electron chi connectivity index (χ1n) is 6.62. The zero-order valence-corrected chi connectivity index (χ0v) is 12.8. The normalized spacial score (nSPS) is 15.7. The fourth-order valence-electron chi connectivity index (χ4n) is 2.43. The van der Waals surface area contributed by atoms with Crippen LogP contribution in [0.2, 0.25) is 0 Å². The zero-order valence-electron chi connectivity index (χ0n) is 11.2. The van der Waals surface area contributed by atoms with Gasteiger partial charge in [0.05, 0.1) is 16.8 Å². The van der Waals surface area contributed by atoms with E-state index in [1.165, 1.54) is 0 Å². The fourth-order valence-corrected chi connectivity index (χ4v) is 2.83. The predicted molar refractivity (Wildman–Crippen MR) is 82.7 cm³/mol. The minimum Gasteiger partial charge on any atom is -0.324 e. The maximum atomic E-state index is 12.6. The number of rotatable bonds is 3. The number of amides is 1. The molecular weight excluding hydrogens is 316 g/mol. The van der Waals surface area contributed by atoms with E-state index in [1.54, 1.807) is 0 Å². The number of aromatic nitrogens is 1. The van der Waals surface area contributed by atoms with Gasteiger partial charge in [0.25, 0.3) is 0 Å². The van der Waals surface area contributed by atoms with Crippen molar-refractivity contribution in [1.82, 2.24) is 4.98 Å². The number of anilines is 1. The Hall–Kier alpha value is -1.68. The van der Waals surface area contributed by atoms with E-state index < -0.39 is 0 Å². The Bertz CT molecular complexity index is 651. The highest BCUT2D eigenvalue weighted by Crippen LogP contribution is 2.49. The first-order valence-corrected chi connectivity index (χ1v) is 7.41. The highest BCUT2D eigenvalue weighted by atomic mass is 79.9. The standard InChI is InChI=1S/C16H15BrN2O/c1-11-13(7-8-14(17)18-11)19-15(20)16(9-10-16)12-5-3-2-4-6-12/h2-8H,9-10H2,1H3,(H,19,20). The molecule has 1 aromatic heterocycles. The molecule has 102 valence electrons. The van der Waals surface area contributed by atoms with Crippen LogP contribution in [0.4, 0.5) is 5.69 Å². The van der Waals surface area contributed by atoms with E-state index in [0.29, 0.717) is 0 Å². The Labute approximate surface area is 126 Å². The van der Waals surface area contributed by atoms with E-state index >= 15 is 0 Å². The molecule has 2 aromatic rings. The van der Waals surface area contributed by atoms with Gasteiger partial charge in [0.2, 0.25) is 5.91 Å². The van der Waals surface area contributed by atoms with Gasteiger partial charge in [-0.25, -0.2) is 4.98 Å². The van der Waals surface area contributed by atoms with E-state index in [-0.39, 0.29) is 11.3 Å². The number of hydrogen-bond donors (Lipinski definition) is 1. The molecule has 1 amide bonds. The van der Waals surface area contributed by atoms with E-state index in [0.717, 1.165) is 34.4 Å². The van der Waals surface area contributed by atoms with Crippen LogP contribution < -0.4 is 5.32 Å². The second-order valence-electron chi connectivity index (χ2n) is 5.17. The second kappa shape index (κ2) is 5.02. The molecule has 1 aromatic carbocycles. The molecule has 0 unspecified atom stereocenters. The van der Waals surface area contributed by atoms with Crippen LogP contribution in [0.25, 0.3) is 0 Å². The van der Waals surface area contributed by atoms with Crippen molar-refractivity contribution in [2.24, 2.45) is 0 Å². The van der Waals surface area contributed by atoms with Crippen LogP contribution in [-0.2, 0) is 10.2 Å². The van der Waals surface area contributed by atoms with Gasteiger partial charge in [-0.05, 0) is 53.4 Å². The molecule has 0 spiro atoms. The van der Waals surface area contributed by atoms with Gasteiger partial charge in [-0.15, -0.1) is 0 Å². The lowest BCUT2D eigenvalue weighted by molar-refractivity contribution is -0.118. The number of benzene rings is 1. The van der Waals surface area contributed by atoms with Crippen LogP contribution in [0.3, 0.4) is 0 Å². The molecule has 1 fully saturated rings. The van der Waals surface area contributed by atoms with E-state index in [4.69, 9.17) is 0 Å². The summed E-state index contributed by atoms with van der Waals surface area (Å²) < 4.78 is 0.775. The summed E-state index contributed by atoms with van der Waals surface area (Å²) in [5.41, 5.74) is 2.35. The van der Waals surface area contributed by atoms with Crippen molar-refractivity contribution in [3.05, 3.63) is 58.3 Å². The number of aryl methyl sites for hydroxylation is 1. The van der Waals surface area contributed by atoms with Crippen molar-refractivity contribution < 1.29 is 4.79 Å². The summed E-state index contributed by atoms with van der Waals surface area (Å²) in [6, 6.07) is 13.7. The van der Waals surface area contributed by atoms with Gasteiger partial charge >= 0.3 is 0 Å². The number of nitrogens with zero attached hydrogens (tertiary/aromatic N) is 1. The SMILES string of the molecule is Cc1nc(Br)ccc1NC(=O)C1(c2ccccc2)CC1. The van der Waals surface area contributed by atoms with Gasteiger partial charge in [0.15, 0.2) is 0 Å². The van der Waals surface area contributed by atoms with Crippen molar-refractivity contribution in [2.45, 2.75) is 25.2 Å². The smallest absolute Gasteiger partial charge is 0.235 e. The van der Waals surface area contributed by atoms with Gasteiger partial charge in [-0.2, -0.15) is 0 Å². The molecule has 1 saturated carbocycles. The maximum Gasteiger partial charge on any atom is 0.235 e. The summed E-state index contributed by atoms with van der Waals surface area (Å²) in [6.45, 7) is 1.89. The average molecular weight is 331 g/mol. The van der Waals surface area contributed by atoms with Crippen LogP contribution in [0.1, 0.15) is 24.1 Å². The summed E-state index contributed by atoms with van der Waals surface area (Å²) in [5.74, 6) is 0.0657. The number of carbonyl (C=O) groups is 1. The van der Waals surface area contributed by atoms with Crippen molar-refractivity contribution in [1.29, 1.82) is 0 Å². The van der Waals surface area contributed by atoms with Gasteiger partial charge in [0, 0.05) is 0 Å². The van der Waals surface area contributed by atoms with Gasteiger partial charge in [0.1, 0.15) is 4.60 Å². The molecule has 0 aliphatic heterocycles. The lowest BCUT2D eigenvalue weighted by Gasteiger charge is -2.16. The summed E-state index contributed by atoms with van der Waals surface area (Å²) in [4.78, 5) is 16.9. The highest BCUT2D eigenvalue weighted by Gasteiger charge is 2.51. The third kappa shape index (κ3) is 2.36. The molecule has 1 aliphatic rings. The van der Waals surface area contributed by atoms with E-state index in [1.807, 2.05) is 49.4 Å². The number of carbonyl (C=O) groups excluding carboxylic acids is 1. The number of pyridine rings is 1. The van der Waals surface area contributed by atoms with Crippen molar-refractivity contribution in [2.75, 3.05) is 5.32 Å². The number of nitrogens with one attached hydrogen (secondary N) is 1. The third-order valence-corrected chi connectivity index (χ3v) is 4.25. The van der Waals surface area contributed by atoms with Crippen molar-refractivity contribution in [3.63, 3.8) is 0 Å². The first kappa shape index (κ1) is 13.3. The Morgan fingerprint density at radius 1 is 1.20 bits per heavy atom. The second-order valence-corrected chi connectivity index (χ2v) is 5.98. The minimum absolute atomic E-state index is 0.0657. The fraction of sp³-hybridized carbons (Fsp3) is 0.250. The Morgan fingerprint density at radius 3 is 2.50 bits per heavy atom. The predicted octanol–water partition coefficient (Wildman–Crippen LogP) is 3.82. The summed E-state index contributed by atoms with van der Waals surface area (Å²) in [7, 11) is 0. The molecule has 3 rings (SSSR count). The monoisotopic (exact) mass is 330 g/mol. The molecule has 0 atom stereocenters. The quantitative estimate of drug-likeness (QED) is 0.869. The Kier molecular flexibility index (Phi) is 3.34. The molecule has 0 bridgehead atoms. The molecule has 0 radical (unpaired) electrons. The van der Waals surface area contributed by atoms with E-state index in [9.17, 15) is 4.79 Å². The lowest BCUT2D eigenvalue weighted by Crippen LogP contribution is -2.28. The Morgan fingerprint density at radius 2 is 1.90 bits per heavy atom. The van der Waals surface area contributed by atoms with Crippen molar-refractivity contribution >= 4 is 27.5 Å². The molecule has 3 nitrogen and oxygen atoms in total. The molecule has 1 aliphatic carbocycles. The van der Waals surface area contributed by atoms with Crippen LogP contribution in [-0.4, -0.2) is 10.9 Å². The number of halogens is 1. The summed E-state index contributed by atoms with van der Waals surface area (Å²) >= 11 is 3.33. The maximum absolute atomic E-state index is 12.6. The summed E-state index contributed by atoms with van der Waals surface area (Å²) in [6.07, 6.45) is 1.82. The average Bonchev–Trinajstić information content (AvgIpc) is 3.24. The van der Waals surface area contributed by atoms with Gasteiger partial charge in [-0.1, -0.05) is 30.3 Å². The molecular formula is C16H15BrN2O.